The first-order valence-electron chi connectivity index (χ1n) is 9.66. The van der Waals surface area contributed by atoms with E-state index in [1.807, 2.05) is 36.1 Å². The minimum atomic E-state index is -4.40. The third kappa shape index (κ3) is 5.09. The average Bonchev–Trinajstić information content (AvgIpc) is 2.69. The number of nitrogens with zero attached hydrogens (tertiary/aromatic N) is 1. The molecule has 0 aliphatic carbocycles. The van der Waals surface area contributed by atoms with Crippen LogP contribution >= 0.6 is 0 Å². The zero-order valence-corrected chi connectivity index (χ0v) is 16.2. The summed E-state index contributed by atoms with van der Waals surface area (Å²) in [5, 5.41) is 9.45. The number of piperidine rings is 1. The number of rotatable bonds is 6. The molecule has 2 aromatic carbocycles. The number of hydrogen-bond acceptors (Lipinski definition) is 3. The number of carboxylic acids is 1. The molecular weight excluding hydrogens is 383 g/mol. The van der Waals surface area contributed by atoms with Crippen LogP contribution in [0, 0.1) is 5.92 Å². The van der Waals surface area contributed by atoms with Crippen LogP contribution in [0.25, 0.3) is 0 Å². The fourth-order valence-corrected chi connectivity index (χ4v) is 3.85. The molecule has 2 atom stereocenters. The van der Waals surface area contributed by atoms with Gasteiger partial charge in [0.2, 0.25) is 0 Å². The van der Waals surface area contributed by atoms with E-state index in [1.165, 1.54) is 12.1 Å². The molecule has 0 bridgehead atoms. The van der Waals surface area contributed by atoms with Gasteiger partial charge >= 0.3 is 12.1 Å². The van der Waals surface area contributed by atoms with Crippen LogP contribution in [-0.4, -0.2) is 35.7 Å². The van der Waals surface area contributed by atoms with Crippen LogP contribution in [0.2, 0.25) is 0 Å². The summed E-state index contributed by atoms with van der Waals surface area (Å²) in [5.41, 5.74) is 0.851. The standard InChI is InChI=1S/C22H24F3NO3/c1-2-29-19-7-3-5-16(13-19)20(26-12-4-6-17(14-26)21(27)28)15-8-10-18(11-9-15)22(23,24)25/h3,5,7-11,13,17,20H,2,4,6,12,14H2,1H3,(H,27,28). The molecule has 3 rings (SSSR count). The highest BCUT2D eigenvalue weighted by Gasteiger charge is 2.33. The van der Waals surface area contributed by atoms with E-state index in [9.17, 15) is 23.1 Å². The minimum absolute atomic E-state index is 0.347. The van der Waals surface area contributed by atoms with Crippen molar-refractivity contribution < 1.29 is 27.8 Å². The number of halogens is 3. The fourth-order valence-electron chi connectivity index (χ4n) is 3.85. The number of aliphatic carboxylic acids is 1. The highest BCUT2D eigenvalue weighted by molar-refractivity contribution is 5.70. The van der Waals surface area contributed by atoms with Gasteiger partial charge in [0.15, 0.2) is 0 Å². The monoisotopic (exact) mass is 407 g/mol. The van der Waals surface area contributed by atoms with Gasteiger partial charge in [0.25, 0.3) is 0 Å². The maximum absolute atomic E-state index is 13.0. The van der Waals surface area contributed by atoms with Crippen LogP contribution in [0.3, 0.4) is 0 Å². The molecule has 4 nitrogen and oxygen atoms in total. The molecule has 1 N–H and O–H groups in total. The van der Waals surface area contributed by atoms with Crippen molar-refractivity contribution in [1.29, 1.82) is 0 Å². The molecule has 0 amide bonds. The molecule has 1 saturated heterocycles. The molecule has 156 valence electrons. The van der Waals surface area contributed by atoms with Crippen molar-refractivity contribution >= 4 is 5.97 Å². The van der Waals surface area contributed by atoms with Crippen LogP contribution < -0.4 is 4.74 Å². The molecule has 1 aliphatic rings. The lowest BCUT2D eigenvalue weighted by Crippen LogP contribution is -2.41. The SMILES string of the molecule is CCOc1cccc(C(c2ccc(C(F)(F)F)cc2)N2CCCC(C(=O)O)C2)c1. The van der Waals surface area contributed by atoms with Gasteiger partial charge in [-0.2, -0.15) is 13.2 Å². The maximum atomic E-state index is 13.0. The summed E-state index contributed by atoms with van der Waals surface area (Å²) in [6, 6.07) is 12.2. The number of carboxylic acid groups (broad SMARTS) is 1. The maximum Gasteiger partial charge on any atom is 0.416 e. The summed E-state index contributed by atoms with van der Waals surface area (Å²) in [5.74, 6) is -0.659. The molecule has 0 aromatic heterocycles. The number of likely N-dealkylation sites (tertiary alicyclic amines) is 1. The second-order valence-corrected chi connectivity index (χ2v) is 7.20. The van der Waals surface area contributed by atoms with Crippen molar-refractivity contribution in [1.82, 2.24) is 4.90 Å². The Labute approximate surface area is 167 Å². The molecule has 0 radical (unpaired) electrons. The van der Waals surface area contributed by atoms with Crippen molar-refractivity contribution in [2.75, 3.05) is 19.7 Å². The molecule has 1 heterocycles. The first-order valence-corrected chi connectivity index (χ1v) is 9.66. The normalized spacial score (nSPS) is 19.0. The van der Waals surface area contributed by atoms with Gasteiger partial charge in [-0.3, -0.25) is 9.69 Å². The van der Waals surface area contributed by atoms with Crippen molar-refractivity contribution in [3.63, 3.8) is 0 Å². The summed E-state index contributed by atoms with van der Waals surface area (Å²) < 4.78 is 44.5. The third-order valence-electron chi connectivity index (χ3n) is 5.21. The van der Waals surface area contributed by atoms with E-state index in [0.29, 0.717) is 37.4 Å². The second kappa shape index (κ2) is 8.86. The van der Waals surface area contributed by atoms with Crippen LogP contribution in [0.5, 0.6) is 5.75 Å². The number of carbonyl (C=O) groups is 1. The first kappa shape index (κ1) is 21.2. The molecule has 1 fully saturated rings. The van der Waals surface area contributed by atoms with Gasteiger partial charge in [0.1, 0.15) is 5.75 Å². The fraction of sp³-hybridized carbons (Fsp3) is 0.409. The van der Waals surface area contributed by atoms with E-state index in [-0.39, 0.29) is 6.04 Å². The van der Waals surface area contributed by atoms with Gasteiger partial charge < -0.3 is 9.84 Å². The van der Waals surface area contributed by atoms with E-state index in [4.69, 9.17) is 4.74 Å². The topological polar surface area (TPSA) is 49.8 Å². The summed E-state index contributed by atoms with van der Waals surface area (Å²) in [4.78, 5) is 13.6. The lowest BCUT2D eigenvalue weighted by atomic mass is 9.91. The van der Waals surface area contributed by atoms with Crippen molar-refractivity contribution in [3.05, 3.63) is 65.2 Å². The van der Waals surface area contributed by atoms with Gasteiger partial charge in [-0.25, -0.2) is 0 Å². The Morgan fingerprint density at radius 1 is 1.21 bits per heavy atom. The molecule has 29 heavy (non-hydrogen) atoms. The van der Waals surface area contributed by atoms with E-state index in [0.717, 1.165) is 24.1 Å². The average molecular weight is 407 g/mol. The molecule has 1 aliphatic heterocycles. The summed E-state index contributed by atoms with van der Waals surface area (Å²) in [6.07, 6.45) is -3.08. The Kier molecular flexibility index (Phi) is 6.47. The molecular formula is C22H24F3NO3. The Morgan fingerprint density at radius 2 is 1.93 bits per heavy atom. The number of alkyl halides is 3. The van der Waals surface area contributed by atoms with Crippen molar-refractivity contribution in [2.24, 2.45) is 5.92 Å². The first-order chi connectivity index (χ1) is 13.8. The van der Waals surface area contributed by atoms with Crippen LogP contribution in [0.15, 0.2) is 48.5 Å². The smallest absolute Gasteiger partial charge is 0.416 e. The lowest BCUT2D eigenvalue weighted by Gasteiger charge is -2.37. The largest absolute Gasteiger partial charge is 0.494 e. The van der Waals surface area contributed by atoms with Crippen LogP contribution in [0.1, 0.15) is 42.5 Å². The molecule has 2 aromatic rings. The highest BCUT2D eigenvalue weighted by atomic mass is 19.4. The second-order valence-electron chi connectivity index (χ2n) is 7.20. The summed E-state index contributed by atoms with van der Waals surface area (Å²) in [7, 11) is 0. The predicted molar refractivity (Wildman–Crippen MR) is 103 cm³/mol. The number of ether oxygens (including phenoxy) is 1. The van der Waals surface area contributed by atoms with Crippen LogP contribution in [0.4, 0.5) is 13.2 Å². The van der Waals surface area contributed by atoms with Gasteiger partial charge in [-0.05, 0) is 61.7 Å². The van der Waals surface area contributed by atoms with Crippen LogP contribution in [-0.2, 0) is 11.0 Å². The summed E-state index contributed by atoms with van der Waals surface area (Å²) in [6.45, 7) is 3.40. The minimum Gasteiger partial charge on any atom is -0.494 e. The number of hydrogen-bond donors (Lipinski definition) is 1. The number of benzene rings is 2. The van der Waals surface area contributed by atoms with E-state index < -0.39 is 23.6 Å². The van der Waals surface area contributed by atoms with E-state index >= 15 is 0 Å². The van der Waals surface area contributed by atoms with Crippen molar-refractivity contribution in [2.45, 2.75) is 32.0 Å². The Balaban J connectivity index is 1.99. The predicted octanol–water partition coefficient (Wildman–Crippen LogP) is 4.99. The van der Waals surface area contributed by atoms with E-state index in [1.54, 1.807) is 0 Å². The van der Waals surface area contributed by atoms with E-state index in [2.05, 4.69) is 0 Å². The van der Waals surface area contributed by atoms with Gasteiger partial charge in [0.05, 0.1) is 24.1 Å². The zero-order chi connectivity index (χ0) is 21.0. The third-order valence-corrected chi connectivity index (χ3v) is 5.21. The lowest BCUT2D eigenvalue weighted by molar-refractivity contribution is -0.144. The quantitative estimate of drug-likeness (QED) is 0.733. The summed E-state index contributed by atoms with van der Waals surface area (Å²) >= 11 is 0. The van der Waals surface area contributed by atoms with Gasteiger partial charge in [0, 0.05) is 6.54 Å². The van der Waals surface area contributed by atoms with Crippen molar-refractivity contribution in [3.8, 4) is 5.75 Å². The molecule has 2 unspecified atom stereocenters. The Bertz CT molecular complexity index is 836. The van der Waals surface area contributed by atoms with Gasteiger partial charge in [-0.1, -0.05) is 24.3 Å². The Morgan fingerprint density at radius 3 is 2.55 bits per heavy atom. The van der Waals surface area contributed by atoms with Gasteiger partial charge in [-0.15, -0.1) is 0 Å². The highest BCUT2D eigenvalue weighted by Crippen LogP contribution is 2.36. The molecule has 0 saturated carbocycles. The Hall–Kier alpha value is -2.54. The molecule has 0 spiro atoms. The zero-order valence-electron chi connectivity index (χ0n) is 16.2. The molecule has 7 heteroatoms.